The Hall–Kier alpha value is -4.58. The summed E-state index contributed by atoms with van der Waals surface area (Å²) in [6, 6.07) is 24.2. The lowest BCUT2D eigenvalue weighted by atomic mass is 10.0. The van der Waals surface area contributed by atoms with E-state index in [9.17, 15) is 9.59 Å². The van der Waals surface area contributed by atoms with Crippen molar-refractivity contribution < 1.29 is 30.0 Å². The lowest BCUT2D eigenvalue weighted by Crippen LogP contribution is -2.00. The van der Waals surface area contributed by atoms with E-state index in [0.29, 0.717) is 22.3 Å². The van der Waals surface area contributed by atoms with E-state index in [1.165, 1.54) is 48.5 Å². The van der Waals surface area contributed by atoms with Gasteiger partial charge in [-0.15, -0.1) is 0 Å². The van der Waals surface area contributed by atoms with Gasteiger partial charge in [-0.25, -0.2) is 0 Å². The number of aromatic hydroxyl groups is 4. The molecule has 0 aromatic heterocycles. The van der Waals surface area contributed by atoms with Gasteiger partial charge in [0.1, 0.15) is 23.0 Å². The van der Waals surface area contributed by atoms with Crippen molar-refractivity contribution in [1.82, 2.24) is 0 Å². The second kappa shape index (κ2) is 9.95. The van der Waals surface area contributed by atoms with E-state index in [4.69, 9.17) is 20.4 Å². The number of hydrogen-bond acceptors (Lipinski definition) is 6. The molecule has 0 bridgehead atoms. The van der Waals surface area contributed by atoms with Crippen LogP contribution in [0.5, 0.6) is 23.0 Å². The summed E-state index contributed by atoms with van der Waals surface area (Å²) < 4.78 is 0. The fraction of sp³-hybridized carbons (Fsp3) is 0. The highest BCUT2D eigenvalue weighted by atomic mass is 16.3. The van der Waals surface area contributed by atoms with Crippen molar-refractivity contribution in [2.24, 2.45) is 0 Å². The average Bonchev–Trinajstić information content (AvgIpc) is 2.81. The highest BCUT2D eigenvalue weighted by Crippen LogP contribution is 2.17. The fourth-order valence-electron chi connectivity index (χ4n) is 2.78. The van der Waals surface area contributed by atoms with E-state index in [1.54, 1.807) is 48.5 Å². The molecular weight excluding hydrogens is 408 g/mol. The first-order valence-electron chi connectivity index (χ1n) is 9.59. The fourth-order valence-corrected chi connectivity index (χ4v) is 2.78. The van der Waals surface area contributed by atoms with Gasteiger partial charge in [0, 0.05) is 22.3 Å². The van der Waals surface area contributed by atoms with Crippen LogP contribution in [0.4, 0.5) is 0 Å². The molecule has 160 valence electrons. The summed E-state index contributed by atoms with van der Waals surface area (Å²) in [6.07, 6.45) is 0. The third-order valence-electron chi connectivity index (χ3n) is 4.52. The molecule has 0 spiro atoms. The summed E-state index contributed by atoms with van der Waals surface area (Å²) in [5.41, 5.74) is 2.01. The largest absolute Gasteiger partial charge is 0.508 e. The molecule has 0 heterocycles. The summed E-state index contributed by atoms with van der Waals surface area (Å²) >= 11 is 0. The molecule has 4 aromatic rings. The summed E-state index contributed by atoms with van der Waals surface area (Å²) in [5, 5.41) is 36.4. The zero-order valence-electron chi connectivity index (χ0n) is 16.8. The van der Waals surface area contributed by atoms with Gasteiger partial charge < -0.3 is 20.4 Å². The Morgan fingerprint density at radius 3 is 0.656 bits per heavy atom. The number of phenolic OH excluding ortho intramolecular Hbond substituents is 4. The number of rotatable bonds is 4. The lowest BCUT2D eigenvalue weighted by Gasteiger charge is -2.01. The molecule has 32 heavy (non-hydrogen) atoms. The summed E-state index contributed by atoms with van der Waals surface area (Å²) in [7, 11) is 0. The normalized spacial score (nSPS) is 10.0. The monoisotopic (exact) mass is 428 g/mol. The minimum absolute atomic E-state index is 0.127. The number of ketones is 2. The van der Waals surface area contributed by atoms with Crippen LogP contribution in [-0.4, -0.2) is 32.0 Å². The van der Waals surface area contributed by atoms with Gasteiger partial charge in [-0.2, -0.15) is 0 Å². The van der Waals surface area contributed by atoms with Gasteiger partial charge in [0.15, 0.2) is 11.6 Å². The maximum absolute atomic E-state index is 11.9. The van der Waals surface area contributed by atoms with Crippen LogP contribution < -0.4 is 0 Å². The van der Waals surface area contributed by atoms with Gasteiger partial charge in [-0.1, -0.05) is 0 Å². The van der Waals surface area contributed by atoms with Crippen molar-refractivity contribution in [2.75, 3.05) is 0 Å². The summed E-state index contributed by atoms with van der Waals surface area (Å²) in [4.78, 5) is 23.8. The maximum atomic E-state index is 11.9. The van der Waals surface area contributed by atoms with Gasteiger partial charge >= 0.3 is 0 Å². The van der Waals surface area contributed by atoms with Crippen molar-refractivity contribution >= 4 is 11.6 Å². The van der Waals surface area contributed by atoms with Crippen LogP contribution in [0.2, 0.25) is 0 Å². The topological polar surface area (TPSA) is 115 Å². The molecule has 0 aliphatic carbocycles. The second-order valence-corrected chi connectivity index (χ2v) is 6.85. The van der Waals surface area contributed by atoms with Crippen LogP contribution in [0.3, 0.4) is 0 Å². The predicted molar refractivity (Wildman–Crippen MR) is 119 cm³/mol. The molecule has 0 unspecified atom stereocenters. The molecule has 4 rings (SSSR count). The van der Waals surface area contributed by atoms with E-state index in [-0.39, 0.29) is 34.6 Å². The Balaban J connectivity index is 0.000000181. The summed E-state index contributed by atoms with van der Waals surface area (Å²) in [6.45, 7) is 0. The highest BCUT2D eigenvalue weighted by Gasteiger charge is 2.09. The molecular formula is C26H20O6. The molecule has 4 aromatic carbocycles. The SMILES string of the molecule is O=C(c1ccc(O)cc1)c1ccc(O)cc1.O=C(c1ccc(O)cc1)c1ccc(O)cc1. The Kier molecular flexibility index (Phi) is 6.88. The minimum Gasteiger partial charge on any atom is -0.508 e. The molecule has 0 aliphatic rings. The van der Waals surface area contributed by atoms with E-state index in [2.05, 4.69) is 0 Å². The lowest BCUT2D eigenvalue weighted by molar-refractivity contribution is 0.103. The van der Waals surface area contributed by atoms with Gasteiger partial charge in [0.05, 0.1) is 0 Å². The molecule has 0 aliphatic heterocycles. The molecule has 0 radical (unpaired) electrons. The van der Waals surface area contributed by atoms with Crippen molar-refractivity contribution in [3.8, 4) is 23.0 Å². The molecule has 0 saturated carbocycles. The number of carbonyl (C=O) groups excluding carboxylic acids is 2. The first-order chi connectivity index (χ1) is 15.3. The highest BCUT2D eigenvalue weighted by molar-refractivity contribution is 6.09. The average molecular weight is 428 g/mol. The zero-order valence-corrected chi connectivity index (χ0v) is 16.8. The van der Waals surface area contributed by atoms with E-state index >= 15 is 0 Å². The summed E-state index contributed by atoms with van der Waals surface area (Å²) in [5.74, 6) is 0.231. The molecule has 0 atom stereocenters. The van der Waals surface area contributed by atoms with E-state index in [1.807, 2.05) is 0 Å². The molecule has 6 nitrogen and oxygen atoms in total. The Labute approximate surface area is 184 Å². The van der Waals surface area contributed by atoms with Crippen molar-refractivity contribution in [3.05, 3.63) is 119 Å². The first-order valence-corrected chi connectivity index (χ1v) is 9.59. The smallest absolute Gasteiger partial charge is 0.193 e. The quantitative estimate of drug-likeness (QED) is 0.352. The van der Waals surface area contributed by atoms with E-state index in [0.717, 1.165) is 0 Å². The molecule has 0 amide bonds. The van der Waals surface area contributed by atoms with Crippen molar-refractivity contribution in [1.29, 1.82) is 0 Å². The number of hydrogen-bond donors (Lipinski definition) is 4. The third kappa shape index (κ3) is 5.73. The van der Waals surface area contributed by atoms with Gasteiger partial charge in [-0.3, -0.25) is 9.59 Å². The molecule has 6 heteroatoms. The van der Waals surface area contributed by atoms with Crippen LogP contribution in [0.1, 0.15) is 31.8 Å². The van der Waals surface area contributed by atoms with Gasteiger partial charge in [-0.05, 0) is 97.1 Å². The zero-order chi connectivity index (χ0) is 23.1. The van der Waals surface area contributed by atoms with Crippen molar-refractivity contribution in [3.63, 3.8) is 0 Å². The first kappa shape index (κ1) is 22.1. The molecule has 0 fully saturated rings. The predicted octanol–water partition coefficient (Wildman–Crippen LogP) is 4.66. The van der Waals surface area contributed by atoms with Crippen molar-refractivity contribution in [2.45, 2.75) is 0 Å². The van der Waals surface area contributed by atoms with Gasteiger partial charge in [0.25, 0.3) is 0 Å². The number of carbonyl (C=O) groups is 2. The Morgan fingerprint density at radius 2 is 0.500 bits per heavy atom. The second-order valence-electron chi connectivity index (χ2n) is 6.85. The maximum Gasteiger partial charge on any atom is 0.193 e. The van der Waals surface area contributed by atoms with Crippen LogP contribution in [0.25, 0.3) is 0 Å². The van der Waals surface area contributed by atoms with Crippen LogP contribution in [-0.2, 0) is 0 Å². The van der Waals surface area contributed by atoms with Crippen LogP contribution in [0, 0.1) is 0 Å². The molecule has 0 saturated heterocycles. The van der Waals surface area contributed by atoms with Gasteiger partial charge in [0.2, 0.25) is 0 Å². The Morgan fingerprint density at radius 1 is 0.344 bits per heavy atom. The Bertz CT molecular complexity index is 999. The minimum atomic E-state index is -0.139. The van der Waals surface area contributed by atoms with Crippen LogP contribution in [0.15, 0.2) is 97.1 Å². The number of benzene rings is 4. The van der Waals surface area contributed by atoms with E-state index < -0.39 is 0 Å². The third-order valence-corrected chi connectivity index (χ3v) is 4.52. The number of phenols is 4. The molecule has 4 N–H and O–H groups in total. The standard InChI is InChI=1S/2C13H10O3/c2*14-11-5-1-9(2-6-11)13(16)10-3-7-12(15)8-4-10/h2*1-8,14-15H. The van der Waals surface area contributed by atoms with Crippen LogP contribution >= 0.6 is 0 Å².